The van der Waals surface area contributed by atoms with Crippen LogP contribution < -0.4 is 5.73 Å². The van der Waals surface area contributed by atoms with Crippen molar-refractivity contribution in [3.63, 3.8) is 0 Å². The Kier molecular flexibility index (Phi) is 3.70. The van der Waals surface area contributed by atoms with Gasteiger partial charge in [0.2, 0.25) is 0 Å². The van der Waals surface area contributed by atoms with Crippen molar-refractivity contribution in [3.8, 4) is 0 Å². The molecule has 0 saturated carbocycles. The number of hydrogen-bond acceptors (Lipinski definition) is 4. The minimum atomic E-state index is -0.795. The van der Waals surface area contributed by atoms with Crippen LogP contribution in [0.15, 0.2) is 0 Å². The number of piperidine rings is 1. The Bertz CT molecular complexity index is 223. The number of hydrogen-bond donors (Lipinski definition) is 2. The molecule has 0 aromatic heterocycles. The van der Waals surface area contributed by atoms with Gasteiger partial charge in [0.25, 0.3) is 0 Å². The van der Waals surface area contributed by atoms with Crippen LogP contribution in [0.4, 0.5) is 4.79 Å². The molecule has 0 atom stereocenters. The molecule has 1 fully saturated rings. The maximum Gasteiger partial charge on any atom is 0.411 e. The first-order chi connectivity index (χ1) is 6.65. The summed E-state index contributed by atoms with van der Waals surface area (Å²) in [4.78, 5) is 23.2. The van der Waals surface area contributed by atoms with Gasteiger partial charge in [-0.05, 0) is 12.8 Å². The van der Waals surface area contributed by atoms with E-state index < -0.39 is 12.1 Å². The van der Waals surface area contributed by atoms with E-state index in [9.17, 15) is 9.59 Å². The summed E-state index contributed by atoms with van der Waals surface area (Å²) >= 11 is 0. The van der Waals surface area contributed by atoms with Gasteiger partial charge in [-0.25, -0.2) is 4.79 Å². The number of rotatable bonds is 2. The van der Waals surface area contributed by atoms with Crippen LogP contribution in [0.1, 0.15) is 12.8 Å². The molecule has 1 aliphatic heterocycles. The number of ether oxygens (including phenoxy) is 1. The predicted molar refractivity (Wildman–Crippen MR) is 47.5 cm³/mol. The molecule has 0 aromatic carbocycles. The lowest BCUT2D eigenvalue weighted by atomic mass is 9.97. The van der Waals surface area contributed by atoms with Crippen LogP contribution in [0.25, 0.3) is 0 Å². The summed E-state index contributed by atoms with van der Waals surface area (Å²) < 4.78 is 4.59. The summed E-state index contributed by atoms with van der Waals surface area (Å²) in [5.74, 6) is -1.13. The van der Waals surface area contributed by atoms with E-state index in [1.807, 2.05) is 0 Å². The minimum Gasteiger partial charge on any atom is -0.481 e. The zero-order chi connectivity index (χ0) is 10.6. The standard InChI is InChI=1S/C8H14N2O4/c9-5-14-8(13)10-3-1-6(2-4-10)7(11)12/h6H,1-5,9H2,(H,11,12). The van der Waals surface area contributed by atoms with E-state index in [4.69, 9.17) is 10.8 Å². The molecule has 0 aliphatic carbocycles. The van der Waals surface area contributed by atoms with Crippen molar-refractivity contribution in [1.29, 1.82) is 0 Å². The first kappa shape index (κ1) is 10.8. The third-order valence-corrected chi connectivity index (χ3v) is 2.31. The van der Waals surface area contributed by atoms with Crippen LogP contribution in [0.5, 0.6) is 0 Å². The second kappa shape index (κ2) is 4.80. The van der Waals surface area contributed by atoms with Crippen LogP contribution in [0, 0.1) is 5.92 Å². The summed E-state index contributed by atoms with van der Waals surface area (Å²) in [5, 5.41) is 8.71. The Hall–Kier alpha value is -1.30. The SMILES string of the molecule is NCOC(=O)N1CCC(C(=O)O)CC1. The summed E-state index contributed by atoms with van der Waals surface area (Å²) in [6, 6.07) is 0. The smallest absolute Gasteiger partial charge is 0.411 e. The van der Waals surface area contributed by atoms with Gasteiger partial charge in [0.1, 0.15) is 6.73 Å². The molecule has 1 rings (SSSR count). The number of carboxylic acids is 1. The Balaban J connectivity index is 2.35. The number of carbonyl (C=O) groups is 2. The van der Waals surface area contributed by atoms with Crippen LogP contribution in [-0.4, -0.2) is 41.9 Å². The highest BCUT2D eigenvalue weighted by atomic mass is 16.6. The van der Waals surface area contributed by atoms with E-state index in [-0.39, 0.29) is 12.6 Å². The molecule has 1 amide bonds. The second-order valence-corrected chi connectivity index (χ2v) is 3.18. The summed E-state index contributed by atoms with van der Waals surface area (Å²) in [5.41, 5.74) is 5.05. The van der Waals surface area contributed by atoms with Crippen molar-refractivity contribution >= 4 is 12.1 Å². The third kappa shape index (κ3) is 2.59. The van der Waals surface area contributed by atoms with E-state index in [0.29, 0.717) is 25.9 Å². The molecule has 3 N–H and O–H groups in total. The first-order valence-electron chi connectivity index (χ1n) is 4.49. The number of aliphatic carboxylic acids is 1. The third-order valence-electron chi connectivity index (χ3n) is 2.31. The maximum absolute atomic E-state index is 11.2. The van der Waals surface area contributed by atoms with Gasteiger partial charge in [-0.3, -0.25) is 10.5 Å². The summed E-state index contributed by atoms with van der Waals surface area (Å²) in [7, 11) is 0. The molecular weight excluding hydrogens is 188 g/mol. The molecule has 0 bridgehead atoms. The molecule has 0 aromatic rings. The van der Waals surface area contributed by atoms with Crippen molar-refractivity contribution < 1.29 is 19.4 Å². The van der Waals surface area contributed by atoms with E-state index in [2.05, 4.69) is 4.74 Å². The van der Waals surface area contributed by atoms with Gasteiger partial charge >= 0.3 is 12.1 Å². The van der Waals surface area contributed by atoms with E-state index in [1.54, 1.807) is 0 Å². The Morgan fingerprint density at radius 3 is 2.43 bits per heavy atom. The Labute approximate surface area is 81.6 Å². The van der Waals surface area contributed by atoms with E-state index >= 15 is 0 Å². The number of carbonyl (C=O) groups excluding carboxylic acids is 1. The van der Waals surface area contributed by atoms with Gasteiger partial charge < -0.3 is 14.7 Å². The molecule has 1 saturated heterocycles. The van der Waals surface area contributed by atoms with Crippen LogP contribution >= 0.6 is 0 Å². The normalized spacial score (nSPS) is 17.9. The average molecular weight is 202 g/mol. The highest BCUT2D eigenvalue weighted by Crippen LogP contribution is 2.17. The van der Waals surface area contributed by atoms with Crippen molar-refractivity contribution in [1.82, 2.24) is 4.90 Å². The Morgan fingerprint density at radius 1 is 1.43 bits per heavy atom. The van der Waals surface area contributed by atoms with E-state index in [0.717, 1.165) is 0 Å². The van der Waals surface area contributed by atoms with Crippen LogP contribution in [-0.2, 0) is 9.53 Å². The van der Waals surface area contributed by atoms with Gasteiger partial charge in [-0.1, -0.05) is 0 Å². The molecule has 14 heavy (non-hydrogen) atoms. The average Bonchev–Trinajstić information content (AvgIpc) is 2.18. The molecule has 0 unspecified atom stereocenters. The molecule has 6 nitrogen and oxygen atoms in total. The molecule has 1 aliphatic rings. The van der Waals surface area contributed by atoms with Crippen LogP contribution in [0.2, 0.25) is 0 Å². The maximum atomic E-state index is 11.2. The zero-order valence-electron chi connectivity index (χ0n) is 7.81. The number of carboxylic acid groups (broad SMARTS) is 1. The zero-order valence-corrected chi connectivity index (χ0v) is 7.81. The van der Waals surface area contributed by atoms with Crippen molar-refractivity contribution in [2.24, 2.45) is 11.7 Å². The fourth-order valence-corrected chi connectivity index (χ4v) is 1.47. The summed E-state index contributed by atoms with van der Waals surface area (Å²) in [6.45, 7) is 0.712. The van der Waals surface area contributed by atoms with Gasteiger partial charge in [-0.2, -0.15) is 0 Å². The van der Waals surface area contributed by atoms with E-state index in [1.165, 1.54) is 4.90 Å². The second-order valence-electron chi connectivity index (χ2n) is 3.18. The molecule has 0 spiro atoms. The number of nitrogens with two attached hydrogens (primary N) is 1. The van der Waals surface area contributed by atoms with Gasteiger partial charge in [0.05, 0.1) is 5.92 Å². The molecule has 0 radical (unpaired) electrons. The lowest BCUT2D eigenvalue weighted by Crippen LogP contribution is -2.41. The van der Waals surface area contributed by atoms with Crippen molar-refractivity contribution in [2.45, 2.75) is 12.8 Å². The first-order valence-corrected chi connectivity index (χ1v) is 4.49. The molecule has 6 heteroatoms. The van der Waals surface area contributed by atoms with Gasteiger partial charge in [0, 0.05) is 13.1 Å². The lowest BCUT2D eigenvalue weighted by molar-refractivity contribution is -0.143. The quantitative estimate of drug-likeness (QED) is 0.607. The van der Waals surface area contributed by atoms with Crippen molar-refractivity contribution in [2.75, 3.05) is 19.8 Å². The fourth-order valence-electron chi connectivity index (χ4n) is 1.47. The van der Waals surface area contributed by atoms with Gasteiger partial charge in [0.15, 0.2) is 0 Å². The molecular formula is C8H14N2O4. The monoisotopic (exact) mass is 202 g/mol. The number of nitrogens with zero attached hydrogens (tertiary/aromatic N) is 1. The topological polar surface area (TPSA) is 92.9 Å². The highest BCUT2D eigenvalue weighted by Gasteiger charge is 2.27. The minimum absolute atomic E-state index is 0.141. The number of likely N-dealkylation sites (tertiary alicyclic amines) is 1. The molecule has 80 valence electrons. The molecule has 1 heterocycles. The predicted octanol–water partition coefficient (Wildman–Crippen LogP) is -0.164. The highest BCUT2D eigenvalue weighted by molar-refractivity contribution is 5.71. The Morgan fingerprint density at radius 2 is 2.00 bits per heavy atom. The largest absolute Gasteiger partial charge is 0.481 e. The summed E-state index contributed by atoms with van der Waals surface area (Å²) in [6.07, 6.45) is 0.501. The lowest BCUT2D eigenvalue weighted by Gasteiger charge is -2.28. The van der Waals surface area contributed by atoms with Gasteiger partial charge in [-0.15, -0.1) is 0 Å². The number of amides is 1. The fraction of sp³-hybridized carbons (Fsp3) is 0.750. The van der Waals surface area contributed by atoms with Crippen molar-refractivity contribution in [3.05, 3.63) is 0 Å². The van der Waals surface area contributed by atoms with Crippen LogP contribution in [0.3, 0.4) is 0 Å².